The molecule has 0 atom stereocenters. The Morgan fingerprint density at radius 2 is 1.89 bits per heavy atom. The summed E-state index contributed by atoms with van der Waals surface area (Å²) < 4.78 is 0. The Hall–Kier alpha value is -1.49. The van der Waals surface area contributed by atoms with E-state index in [0.717, 1.165) is 0 Å². The molecule has 4 nitrogen and oxygen atoms in total. The molecule has 0 unspecified atom stereocenters. The van der Waals surface area contributed by atoms with Crippen molar-refractivity contribution in [3.05, 3.63) is 45.0 Å². The Labute approximate surface area is 123 Å². The van der Waals surface area contributed by atoms with E-state index in [-0.39, 0.29) is 21.3 Å². The molecule has 0 aliphatic heterocycles. The largest absolute Gasteiger partial charge is 0.478 e. The number of nitrogens with zero attached hydrogens (tertiary/aromatic N) is 1. The van der Waals surface area contributed by atoms with Crippen LogP contribution in [0.5, 0.6) is 0 Å². The maximum atomic E-state index is 11.0. The summed E-state index contributed by atoms with van der Waals surface area (Å²) >= 11 is 17.9. The first kappa shape index (κ1) is 13.9. The summed E-state index contributed by atoms with van der Waals surface area (Å²) in [5, 5.41) is 9.91. The number of carboxylic acids is 1. The second-order valence-electron chi connectivity index (χ2n) is 3.71. The number of nitrogens with two attached hydrogens (primary N) is 1. The summed E-state index contributed by atoms with van der Waals surface area (Å²) in [6, 6.07) is 4.37. The highest BCUT2D eigenvalue weighted by molar-refractivity contribution is 6.45. The molecule has 0 aliphatic rings. The fraction of sp³-hybridized carbons (Fsp3) is 0. The number of rotatable bonds is 2. The Morgan fingerprint density at radius 1 is 1.21 bits per heavy atom. The minimum Gasteiger partial charge on any atom is -0.478 e. The van der Waals surface area contributed by atoms with Crippen molar-refractivity contribution >= 4 is 46.5 Å². The van der Waals surface area contributed by atoms with Gasteiger partial charge in [0.2, 0.25) is 0 Å². The highest BCUT2D eigenvalue weighted by Gasteiger charge is 2.14. The van der Waals surface area contributed by atoms with Crippen molar-refractivity contribution in [3.8, 4) is 11.3 Å². The van der Waals surface area contributed by atoms with Crippen LogP contribution in [0.2, 0.25) is 15.1 Å². The van der Waals surface area contributed by atoms with Crippen LogP contribution in [0.25, 0.3) is 11.3 Å². The van der Waals surface area contributed by atoms with Gasteiger partial charge in [-0.15, -0.1) is 0 Å². The monoisotopic (exact) mass is 316 g/mol. The molecule has 0 amide bonds. The summed E-state index contributed by atoms with van der Waals surface area (Å²) in [6.45, 7) is 0. The smallest absolute Gasteiger partial charge is 0.337 e. The molecule has 1 aromatic heterocycles. The third-order valence-corrected chi connectivity index (χ3v) is 3.45. The van der Waals surface area contributed by atoms with Crippen LogP contribution >= 0.6 is 34.8 Å². The highest BCUT2D eigenvalue weighted by Crippen LogP contribution is 2.36. The molecule has 2 rings (SSSR count). The third kappa shape index (κ3) is 2.76. The molecule has 1 heterocycles. The number of carbonyl (C=O) groups is 1. The fourth-order valence-electron chi connectivity index (χ4n) is 1.54. The summed E-state index contributed by atoms with van der Waals surface area (Å²) in [4.78, 5) is 15.1. The van der Waals surface area contributed by atoms with E-state index in [2.05, 4.69) is 4.98 Å². The number of hydrogen-bond donors (Lipinski definition) is 2. The third-order valence-electron chi connectivity index (χ3n) is 2.43. The number of benzene rings is 1. The lowest BCUT2D eigenvalue weighted by Crippen LogP contribution is -2.03. The zero-order valence-electron chi connectivity index (χ0n) is 9.32. The van der Waals surface area contributed by atoms with Crippen LogP contribution in [0.3, 0.4) is 0 Å². The quantitative estimate of drug-likeness (QED) is 0.821. The SMILES string of the molecule is Nc1cnc(-c2cc(Cl)cc(Cl)c2Cl)cc1C(=O)O. The molecule has 0 spiro atoms. The maximum absolute atomic E-state index is 11.0. The van der Waals surface area contributed by atoms with Crippen LogP contribution in [0.1, 0.15) is 10.4 Å². The number of anilines is 1. The minimum absolute atomic E-state index is 0.0582. The van der Waals surface area contributed by atoms with Crippen LogP contribution in [0.15, 0.2) is 24.4 Å². The van der Waals surface area contributed by atoms with Crippen LogP contribution in [0.4, 0.5) is 5.69 Å². The predicted octanol–water partition coefficient (Wildman–Crippen LogP) is 3.99. The topological polar surface area (TPSA) is 76.2 Å². The number of halogens is 3. The van der Waals surface area contributed by atoms with Crippen LogP contribution in [-0.4, -0.2) is 16.1 Å². The molecule has 1 aromatic carbocycles. The van der Waals surface area contributed by atoms with Crippen LogP contribution < -0.4 is 5.73 Å². The number of carboxylic acid groups (broad SMARTS) is 1. The lowest BCUT2D eigenvalue weighted by atomic mass is 10.1. The van der Waals surface area contributed by atoms with E-state index in [9.17, 15) is 4.79 Å². The van der Waals surface area contributed by atoms with E-state index in [1.54, 1.807) is 6.07 Å². The number of aromatic carboxylic acids is 1. The van der Waals surface area contributed by atoms with Gasteiger partial charge in [-0.25, -0.2) is 4.79 Å². The number of aromatic nitrogens is 1. The summed E-state index contributed by atoms with van der Waals surface area (Å²) in [6.07, 6.45) is 1.25. The van der Waals surface area contributed by atoms with Crippen molar-refractivity contribution in [3.63, 3.8) is 0 Å². The molecule has 0 radical (unpaired) electrons. The van der Waals surface area contributed by atoms with E-state index in [1.165, 1.54) is 18.3 Å². The number of pyridine rings is 1. The molecule has 3 N–H and O–H groups in total. The van der Waals surface area contributed by atoms with Gasteiger partial charge in [0.25, 0.3) is 0 Å². The van der Waals surface area contributed by atoms with E-state index in [1.807, 2.05) is 0 Å². The van der Waals surface area contributed by atoms with Gasteiger partial charge in [0, 0.05) is 10.6 Å². The van der Waals surface area contributed by atoms with Crippen LogP contribution in [0, 0.1) is 0 Å². The average Bonchev–Trinajstić information content (AvgIpc) is 2.34. The maximum Gasteiger partial charge on any atom is 0.337 e. The van der Waals surface area contributed by atoms with Gasteiger partial charge >= 0.3 is 5.97 Å². The molecular formula is C12H7Cl3N2O2. The molecule has 0 fully saturated rings. The Balaban J connectivity index is 2.66. The molecule has 0 aliphatic carbocycles. The second kappa shape index (κ2) is 5.25. The zero-order chi connectivity index (χ0) is 14.2. The van der Waals surface area contributed by atoms with Crippen molar-refractivity contribution in [2.24, 2.45) is 0 Å². The van der Waals surface area contributed by atoms with E-state index < -0.39 is 5.97 Å². The molecule has 0 saturated heterocycles. The van der Waals surface area contributed by atoms with Crippen LogP contribution in [-0.2, 0) is 0 Å². The predicted molar refractivity (Wildman–Crippen MR) is 76.1 cm³/mol. The summed E-state index contributed by atoms with van der Waals surface area (Å²) in [5.74, 6) is -1.15. The second-order valence-corrected chi connectivity index (χ2v) is 4.93. The summed E-state index contributed by atoms with van der Waals surface area (Å²) in [7, 11) is 0. The van der Waals surface area contributed by atoms with Crippen molar-refractivity contribution in [1.29, 1.82) is 0 Å². The zero-order valence-corrected chi connectivity index (χ0v) is 11.6. The van der Waals surface area contributed by atoms with Gasteiger partial charge in [-0.3, -0.25) is 4.98 Å². The van der Waals surface area contributed by atoms with Gasteiger partial charge in [0.15, 0.2) is 0 Å². The van der Waals surface area contributed by atoms with Gasteiger partial charge in [0.1, 0.15) is 0 Å². The molecule has 7 heteroatoms. The first-order valence-electron chi connectivity index (χ1n) is 5.04. The first-order chi connectivity index (χ1) is 8.90. The standard InChI is InChI=1S/C12H7Cl3N2O2/c13-5-1-7(11(15)8(14)2-5)10-3-6(12(18)19)9(16)4-17-10/h1-4H,16H2,(H,18,19). The van der Waals surface area contributed by atoms with Gasteiger partial charge in [-0.1, -0.05) is 34.8 Å². The molecular weight excluding hydrogens is 311 g/mol. The van der Waals surface area contributed by atoms with Crippen molar-refractivity contribution in [1.82, 2.24) is 4.98 Å². The van der Waals surface area contributed by atoms with E-state index >= 15 is 0 Å². The Morgan fingerprint density at radius 3 is 2.53 bits per heavy atom. The molecule has 2 aromatic rings. The average molecular weight is 318 g/mol. The lowest BCUT2D eigenvalue weighted by Gasteiger charge is -2.08. The Kier molecular flexibility index (Phi) is 3.85. The molecule has 98 valence electrons. The minimum atomic E-state index is -1.15. The molecule has 19 heavy (non-hydrogen) atoms. The molecule has 0 bridgehead atoms. The van der Waals surface area contributed by atoms with Crippen molar-refractivity contribution < 1.29 is 9.90 Å². The number of nitrogen functional groups attached to an aromatic ring is 1. The lowest BCUT2D eigenvalue weighted by molar-refractivity contribution is 0.0698. The van der Waals surface area contributed by atoms with Crippen molar-refractivity contribution in [2.75, 3.05) is 5.73 Å². The van der Waals surface area contributed by atoms with Gasteiger partial charge in [-0.05, 0) is 18.2 Å². The van der Waals surface area contributed by atoms with E-state index in [0.29, 0.717) is 16.3 Å². The molecule has 0 saturated carbocycles. The van der Waals surface area contributed by atoms with Gasteiger partial charge in [0.05, 0.1) is 33.2 Å². The normalized spacial score (nSPS) is 10.5. The highest BCUT2D eigenvalue weighted by atomic mass is 35.5. The van der Waals surface area contributed by atoms with E-state index in [4.69, 9.17) is 45.6 Å². The van der Waals surface area contributed by atoms with Gasteiger partial charge < -0.3 is 10.8 Å². The summed E-state index contributed by atoms with van der Waals surface area (Å²) in [5.41, 5.74) is 6.33. The Bertz CT molecular complexity index is 674. The number of hydrogen-bond acceptors (Lipinski definition) is 3. The van der Waals surface area contributed by atoms with Crippen molar-refractivity contribution in [2.45, 2.75) is 0 Å². The first-order valence-corrected chi connectivity index (χ1v) is 6.17. The van der Waals surface area contributed by atoms with Gasteiger partial charge in [-0.2, -0.15) is 0 Å². The fourth-order valence-corrected chi connectivity index (χ4v) is 2.24.